The molecule has 2 aromatic rings. The van der Waals surface area contributed by atoms with Gasteiger partial charge in [0.05, 0.1) is 19.9 Å². The summed E-state index contributed by atoms with van der Waals surface area (Å²) in [6.07, 6.45) is 2.14. The molecule has 3 rings (SSSR count). The van der Waals surface area contributed by atoms with Gasteiger partial charge in [0.15, 0.2) is 0 Å². The van der Waals surface area contributed by atoms with Crippen molar-refractivity contribution in [1.82, 2.24) is 19.8 Å². The molecule has 0 atom stereocenters. The maximum Gasteiger partial charge on any atom is 0.272 e. The number of nitrogens with one attached hydrogen (secondary N) is 1. The van der Waals surface area contributed by atoms with Crippen LogP contribution in [0.25, 0.3) is 0 Å². The fourth-order valence-corrected chi connectivity index (χ4v) is 2.77. The largest absolute Gasteiger partial charge is 0.497 e. The summed E-state index contributed by atoms with van der Waals surface area (Å²) in [5.74, 6) is 1.55. The smallest absolute Gasteiger partial charge is 0.272 e. The van der Waals surface area contributed by atoms with E-state index in [0.717, 1.165) is 6.41 Å². The number of nitrogens with zero attached hydrogens (tertiary/aromatic N) is 4. The highest BCUT2D eigenvalue weighted by molar-refractivity contribution is 5.93. The van der Waals surface area contributed by atoms with E-state index < -0.39 is 0 Å². The van der Waals surface area contributed by atoms with Gasteiger partial charge in [0, 0.05) is 38.3 Å². The van der Waals surface area contributed by atoms with Crippen LogP contribution in [0.4, 0.5) is 11.5 Å². The molecule has 0 saturated carbocycles. The van der Waals surface area contributed by atoms with Crippen LogP contribution in [0.1, 0.15) is 10.5 Å². The standard InChI is InChI=1S/C18H21N5O4/c1-26-13-3-4-14(16(9-13)27-2)21-17-10-15(19-11-20-17)18(25)23-7-5-22(12-24)6-8-23/h3-4,9-12H,5-8H2,1-2H3,(H,19,20,21). The van der Waals surface area contributed by atoms with Crippen molar-refractivity contribution in [3.8, 4) is 11.5 Å². The molecule has 142 valence electrons. The number of hydrogen-bond donors (Lipinski definition) is 1. The third-order valence-electron chi connectivity index (χ3n) is 4.31. The van der Waals surface area contributed by atoms with Crippen molar-refractivity contribution in [3.05, 3.63) is 36.3 Å². The summed E-state index contributed by atoms with van der Waals surface area (Å²) < 4.78 is 10.5. The molecule has 2 amide bonds. The second kappa shape index (κ2) is 8.35. The third-order valence-corrected chi connectivity index (χ3v) is 4.31. The number of hydrogen-bond acceptors (Lipinski definition) is 7. The molecule has 0 spiro atoms. The predicted octanol–water partition coefficient (Wildman–Crippen LogP) is 1.15. The summed E-state index contributed by atoms with van der Waals surface area (Å²) >= 11 is 0. The number of carbonyl (C=O) groups is 2. The topological polar surface area (TPSA) is 96.9 Å². The van der Waals surface area contributed by atoms with Crippen molar-refractivity contribution < 1.29 is 19.1 Å². The van der Waals surface area contributed by atoms with Crippen LogP contribution in [0.3, 0.4) is 0 Å². The van der Waals surface area contributed by atoms with E-state index in [0.29, 0.717) is 54.9 Å². The maximum absolute atomic E-state index is 12.7. The third kappa shape index (κ3) is 4.25. The Morgan fingerprint density at radius 2 is 1.89 bits per heavy atom. The second-order valence-electron chi connectivity index (χ2n) is 5.91. The quantitative estimate of drug-likeness (QED) is 0.761. The first-order valence-corrected chi connectivity index (χ1v) is 8.44. The minimum absolute atomic E-state index is 0.187. The van der Waals surface area contributed by atoms with Gasteiger partial charge < -0.3 is 24.6 Å². The SMILES string of the molecule is COc1ccc(Nc2cc(C(=O)N3CCN(C=O)CC3)ncn2)c(OC)c1. The van der Waals surface area contributed by atoms with E-state index in [1.54, 1.807) is 48.3 Å². The molecule has 2 heterocycles. The lowest BCUT2D eigenvalue weighted by atomic mass is 10.2. The fourth-order valence-electron chi connectivity index (χ4n) is 2.77. The average molecular weight is 371 g/mol. The van der Waals surface area contributed by atoms with Crippen LogP contribution in [0.5, 0.6) is 11.5 Å². The summed E-state index contributed by atoms with van der Waals surface area (Å²) in [6, 6.07) is 6.95. The molecular weight excluding hydrogens is 350 g/mol. The van der Waals surface area contributed by atoms with Crippen molar-refractivity contribution in [2.75, 3.05) is 45.7 Å². The molecule has 1 aromatic heterocycles. The lowest BCUT2D eigenvalue weighted by Crippen LogP contribution is -2.48. The van der Waals surface area contributed by atoms with Crippen LogP contribution in [0, 0.1) is 0 Å². The minimum Gasteiger partial charge on any atom is -0.497 e. The van der Waals surface area contributed by atoms with E-state index in [4.69, 9.17) is 9.47 Å². The minimum atomic E-state index is -0.187. The van der Waals surface area contributed by atoms with Crippen LogP contribution in [0.2, 0.25) is 0 Å². The summed E-state index contributed by atoms with van der Waals surface area (Å²) in [7, 11) is 3.15. The summed E-state index contributed by atoms with van der Waals surface area (Å²) in [5, 5.41) is 3.13. The molecule has 0 bridgehead atoms. The van der Waals surface area contributed by atoms with Crippen molar-refractivity contribution >= 4 is 23.8 Å². The summed E-state index contributed by atoms with van der Waals surface area (Å²) in [6.45, 7) is 2.01. The molecule has 0 unspecified atom stereocenters. The molecule has 1 saturated heterocycles. The lowest BCUT2D eigenvalue weighted by molar-refractivity contribution is -0.119. The van der Waals surface area contributed by atoms with E-state index in [2.05, 4.69) is 15.3 Å². The van der Waals surface area contributed by atoms with Gasteiger partial charge in [-0.25, -0.2) is 9.97 Å². The zero-order chi connectivity index (χ0) is 19.2. The van der Waals surface area contributed by atoms with Gasteiger partial charge >= 0.3 is 0 Å². The number of carbonyl (C=O) groups excluding carboxylic acids is 2. The zero-order valence-electron chi connectivity index (χ0n) is 15.2. The normalized spacial score (nSPS) is 13.9. The van der Waals surface area contributed by atoms with E-state index in [1.165, 1.54) is 6.33 Å². The Balaban J connectivity index is 1.74. The van der Waals surface area contributed by atoms with E-state index in [-0.39, 0.29) is 5.91 Å². The van der Waals surface area contributed by atoms with E-state index in [1.807, 2.05) is 0 Å². The molecule has 1 N–H and O–H groups in total. The second-order valence-corrected chi connectivity index (χ2v) is 5.91. The molecule has 0 radical (unpaired) electrons. The van der Waals surface area contributed by atoms with Gasteiger partial charge in [0.2, 0.25) is 6.41 Å². The highest BCUT2D eigenvalue weighted by atomic mass is 16.5. The Morgan fingerprint density at radius 1 is 1.11 bits per heavy atom. The summed E-state index contributed by atoms with van der Waals surface area (Å²) in [5.41, 5.74) is 0.981. The van der Waals surface area contributed by atoms with Crippen LogP contribution >= 0.6 is 0 Å². The highest BCUT2D eigenvalue weighted by Gasteiger charge is 2.22. The zero-order valence-corrected chi connectivity index (χ0v) is 15.2. The number of aromatic nitrogens is 2. The highest BCUT2D eigenvalue weighted by Crippen LogP contribution is 2.31. The number of amides is 2. The molecular formula is C18H21N5O4. The molecule has 27 heavy (non-hydrogen) atoms. The van der Waals surface area contributed by atoms with Crippen LogP contribution in [-0.2, 0) is 4.79 Å². The van der Waals surface area contributed by atoms with Crippen molar-refractivity contribution in [2.45, 2.75) is 0 Å². The number of benzene rings is 1. The maximum atomic E-state index is 12.7. The monoisotopic (exact) mass is 371 g/mol. The van der Waals surface area contributed by atoms with Crippen LogP contribution in [-0.4, -0.2) is 72.5 Å². The molecule has 1 fully saturated rings. The first-order chi connectivity index (χ1) is 13.1. The van der Waals surface area contributed by atoms with Gasteiger partial charge in [-0.1, -0.05) is 0 Å². The number of rotatable bonds is 6. The molecule has 1 aliphatic heterocycles. The van der Waals surface area contributed by atoms with Crippen LogP contribution < -0.4 is 14.8 Å². The number of methoxy groups -OCH3 is 2. The summed E-state index contributed by atoms with van der Waals surface area (Å²) in [4.78, 5) is 35.0. The Hall–Kier alpha value is -3.36. The first kappa shape index (κ1) is 18.4. The molecule has 9 heteroatoms. The molecule has 1 aliphatic rings. The van der Waals surface area contributed by atoms with Gasteiger partial charge in [0.25, 0.3) is 5.91 Å². The average Bonchev–Trinajstić information content (AvgIpc) is 2.73. The van der Waals surface area contributed by atoms with Gasteiger partial charge in [-0.2, -0.15) is 0 Å². The van der Waals surface area contributed by atoms with E-state index >= 15 is 0 Å². The predicted molar refractivity (Wildman–Crippen MR) is 98.4 cm³/mol. The Morgan fingerprint density at radius 3 is 2.56 bits per heavy atom. The van der Waals surface area contributed by atoms with Crippen molar-refractivity contribution in [2.24, 2.45) is 0 Å². The Labute approximate surface area is 156 Å². The lowest BCUT2D eigenvalue weighted by Gasteiger charge is -2.32. The fraction of sp³-hybridized carbons (Fsp3) is 0.333. The first-order valence-electron chi connectivity index (χ1n) is 8.44. The van der Waals surface area contributed by atoms with Gasteiger partial charge in [0.1, 0.15) is 29.3 Å². The van der Waals surface area contributed by atoms with Gasteiger partial charge in [-0.05, 0) is 12.1 Å². The Bertz CT molecular complexity index is 821. The molecule has 1 aromatic carbocycles. The van der Waals surface area contributed by atoms with Crippen molar-refractivity contribution in [1.29, 1.82) is 0 Å². The van der Waals surface area contributed by atoms with Gasteiger partial charge in [-0.15, -0.1) is 0 Å². The number of ether oxygens (including phenoxy) is 2. The van der Waals surface area contributed by atoms with Gasteiger partial charge in [-0.3, -0.25) is 9.59 Å². The van der Waals surface area contributed by atoms with E-state index in [9.17, 15) is 9.59 Å². The number of anilines is 2. The molecule has 0 aliphatic carbocycles. The van der Waals surface area contributed by atoms with Crippen LogP contribution in [0.15, 0.2) is 30.6 Å². The Kier molecular flexibility index (Phi) is 5.70. The van der Waals surface area contributed by atoms with Crippen molar-refractivity contribution in [3.63, 3.8) is 0 Å². The number of piperazine rings is 1. The molecule has 9 nitrogen and oxygen atoms in total.